The molecule has 0 spiro atoms. The van der Waals surface area contributed by atoms with Gasteiger partial charge in [-0.15, -0.1) is 0 Å². The fourth-order valence-electron chi connectivity index (χ4n) is 3.55. The third-order valence-corrected chi connectivity index (χ3v) is 4.88. The third-order valence-electron chi connectivity index (χ3n) is 4.88. The number of alkyl halides is 3. The van der Waals surface area contributed by atoms with Crippen LogP contribution < -0.4 is 0 Å². The first-order valence-corrected chi connectivity index (χ1v) is 8.76. The number of nitrogens with zero attached hydrogens (tertiary/aromatic N) is 2. The molecular weight excluding hydrogens is 317 g/mol. The smallest absolute Gasteiger partial charge is 0.371 e. The molecule has 3 nitrogen and oxygen atoms in total. The lowest BCUT2D eigenvalue weighted by Gasteiger charge is -2.33. The predicted molar refractivity (Wildman–Crippen MR) is 86.9 cm³/mol. The van der Waals surface area contributed by atoms with Crippen LogP contribution in [-0.4, -0.2) is 55.7 Å². The number of halogens is 3. The Morgan fingerprint density at radius 1 is 1.04 bits per heavy atom. The van der Waals surface area contributed by atoms with Crippen molar-refractivity contribution in [2.45, 2.75) is 31.5 Å². The van der Waals surface area contributed by atoms with Gasteiger partial charge in [-0.2, -0.15) is 13.2 Å². The Labute approximate surface area is 141 Å². The van der Waals surface area contributed by atoms with Gasteiger partial charge < -0.3 is 9.64 Å². The van der Waals surface area contributed by atoms with E-state index in [1.165, 1.54) is 38.1 Å². The van der Waals surface area contributed by atoms with Gasteiger partial charge in [-0.1, -0.05) is 12.1 Å². The summed E-state index contributed by atoms with van der Waals surface area (Å²) in [5.41, 5.74) is 0.0174. The molecule has 0 unspecified atom stereocenters. The maximum atomic E-state index is 12.9. The molecule has 0 aliphatic carbocycles. The maximum absolute atomic E-state index is 12.9. The first kappa shape index (κ1) is 17.7. The molecule has 0 N–H and O–H groups in total. The van der Waals surface area contributed by atoms with E-state index in [2.05, 4.69) is 9.80 Å². The fourth-order valence-corrected chi connectivity index (χ4v) is 3.55. The molecule has 2 saturated heterocycles. The van der Waals surface area contributed by atoms with Crippen molar-refractivity contribution in [3.8, 4) is 0 Å². The number of hydrogen-bond donors (Lipinski definition) is 0. The molecular formula is C18H25F3N2O. The van der Waals surface area contributed by atoms with Crippen molar-refractivity contribution >= 4 is 0 Å². The maximum Gasteiger partial charge on any atom is 0.416 e. The van der Waals surface area contributed by atoms with Crippen molar-refractivity contribution in [3.05, 3.63) is 35.4 Å². The first-order chi connectivity index (χ1) is 11.5. The Balaban J connectivity index is 1.53. The summed E-state index contributed by atoms with van der Waals surface area (Å²) in [7, 11) is 0. The van der Waals surface area contributed by atoms with E-state index in [1.54, 1.807) is 6.07 Å². The van der Waals surface area contributed by atoms with Crippen LogP contribution in [0, 0.1) is 0 Å². The summed E-state index contributed by atoms with van der Waals surface area (Å²) >= 11 is 0. The van der Waals surface area contributed by atoms with Gasteiger partial charge in [-0.05, 0) is 63.1 Å². The topological polar surface area (TPSA) is 15.7 Å². The average Bonchev–Trinajstić information content (AvgIpc) is 3.08. The van der Waals surface area contributed by atoms with Crippen LogP contribution in [-0.2, 0) is 10.9 Å². The van der Waals surface area contributed by atoms with Gasteiger partial charge in [0, 0.05) is 13.1 Å². The Kier molecular flexibility index (Phi) is 5.79. The second kappa shape index (κ2) is 7.85. The van der Waals surface area contributed by atoms with Crippen LogP contribution in [0.1, 0.15) is 36.5 Å². The molecule has 0 amide bonds. The molecule has 134 valence electrons. The average molecular weight is 342 g/mol. The molecule has 0 bridgehead atoms. The van der Waals surface area contributed by atoms with E-state index in [4.69, 9.17) is 4.74 Å². The molecule has 2 aliphatic rings. The summed E-state index contributed by atoms with van der Waals surface area (Å²) in [6, 6.07) is 5.53. The van der Waals surface area contributed by atoms with E-state index in [1.807, 2.05) is 0 Å². The van der Waals surface area contributed by atoms with Crippen molar-refractivity contribution in [2.75, 3.05) is 45.9 Å². The van der Waals surface area contributed by atoms with Gasteiger partial charge in [-0.25, -0.2) is 0 Å². The van der Waals surface area contributed by atoms with Gasteiger partial charge in [0.15, 0.2) is 0 Å². The molecule has 1 atom stereocenters. The van der Waals surface area contributed by atoms with Gasteiger partial charge in [0.05, 0.1) is 18.3 Å². The number of likely N-dealkylation sites (tertiary alicyclic amines) is 1. The van der Waals surface area contributed by atoms with Crippen molar-refractivity contribution < 1.29 is 17.9 Å². The minimum absolute atomic E-state index is 0.271. The van der Waals surface area contributed by atoms with Crippen molar-refractivity contribution in [1.82, 2.24) is 9.80 Å². The Hall–Kier alpha value is -1.11. The molecule has 1 aromatic rings. The molecule has 1 aromatic carbocycles. The molecule has 24 heavy (non-hydrogen) atoms. The second-order valence-electron chi connectivity index (χ2n) is 6.69. The third kappa shape index (κ3) is 4.71. The minimum Gasteiger partial charge on any atom is -0.371 e. The lowest BCUT2D eigenvalue weighted by Crippen LogP contribution is -2.39. The lowest BCUT2D eigenvalue weighted by molar-refractivity contribution is -0.137. The molecule has 2 aliphatic heterocycles. The van der Waals surface area contributed by atoms with E-state index in [0.29, 0.717) is 18.7 Å². The summed E-state index contributed by atoms with van der Waals surface area (Å²) in [6.07, 6.45) is -0.868. The van der Waals surface area contributed by atoms with E-state index in [-0.39, 0.29) is 6.10 Å². The largest absolute Gasteiger partial charge is 0.416 e. The van der Waals surface area contributed by atoms with Crippen LogP contribution in [0.5, 0.6) is 0 Å². The van der Waals surface area contributed by atoms with Gasteiger partial charge in [0.25, 0.3) is 0 Å². The predicted octanol–water partition coefficient (Wildman–Crippen LogP) is 3.56. The second-order valence-corrected chi connectivity index (χ2v) is 6.69. The van der Waals surface area contributed by atoms with Crippen molar-refractivity contribution in [2.24, 2.45) is 0 Å². The molecule has 2 fully saturated rings. The highest BCUT2D eigenvalue weighted by atomic mass is 19.4. The highest BCUT2D eigenvalue weighted by molar-refractivity contribution is 5.27. The van der Waals surface area contributed by atoms with E-state index < -0.39 is 11.7 Å². The fraction of sp³-hybridized carbons (Fsp3) is 0.667. The zero-order valence-electron chi connectivity index (χ0n) is 13.9. The monoisotopic (exact) mass is 342 g/mol. The van der Waals surface area contributed by atoms with E-state index in [0.717, 1.165) is 32.1 Å². The number of hydrogen-bond acceptors (Lipinski definition) is 3. The van der Waals surface area contributed by atoms with Gasteiger partial charge in [-0.3, -0.25) is 4.90 Å². The van der Waals surface area contributed by atoms with Gasteiger partial charge in [0.1, 0.15) is 0 Å². The zero-order valence-corrected chi connectivity index (χ0v) is 13.9. The summed E-state index contributed by atoms with van der Waals surface area (Å²) in [5.74, 6) is 0. The summed E-state index contributed by atoms with van der Waals surface area (Å²) in [6.45, 7) is 6.61. The Morgan fingerprint density at radius 2 is 1.79 bits per heavy atom. The molecule has 3 rings (SSSR count). The molecule has 0 radical (unpaired) electrons. The van der Waals surface area contributed by atoms with Crippen LogP contribution in [0.3, 0.4) is 0 Å². The summed E-state index contributed by atoms with van der Waals surface area (Å²) in [5, 5.41) is 0. The Morgan fingerprint density at radius 3 is 2.54 bits per heavy atom. The van der Waals surface area contributed by atoms with Crippen LogP contribution in [0.4, 0.5) is 13.2 Å². The normalized spacial score (nSPS) is 23.7. The highest BCUT2D eigenvalue weighted by Gasteiger charge is 2.31. The summed E-state index contributed by atoms with van der Waals surface area (Å²) < 4.78 is 44.3. The Bertz CT molecular complexity index is 529. The van der Waals surface area contributed by atoms with Gasteiger partial charge in [0.2, 0.25) is 0 Å². The van der Waals surface area contributed by atoms with Crippen LogP contribution >= 0.6 is 0 Å². The minimum atomic E-state index is -4.31. The molecule has 2 heterocycles. The number of benzene rings is 1. The quantitative estimate of drug-likeness (QED) is 0.814. The van der Waals surface area contributed by atoms with E-state index in [9.17, 15) is 13.2 Å². The standard InChI is InChI=1S/C18H25F3N2O/c19-18(20,21)16-6-3-5-15(13-16)17-14-23(11-12-24-17)10-4-9-22-7-1-2-8-22/h3,5-6,13,17H,1-2,4,7-12,14H2/t17-/m1/s1. The molecule has 6 heteroatoms. The van der Waals surface area contributed by atoms with Crippen LogP contribution in [0.2, 0.25) is 0 Å². The van der Waals surface area contributed by atoms with Gasteiger partial charge >= 0.3 is 6.18 Å². The van der Waals surface area contributed by atoms with Crippen LogP contribution in [0.15, 0.2) is 24.3 Å². The SMILES string of the molecule is FC(F)(F)c1cccc([C@H]2CN(CCCN3CCCC3)CCO2)c1. The number of rotatable bonds is 5. The zero-order chi connectivity index (χ0) is 17.0. The van der Waals surface area contributed by atoms with Crippen molar-refractivity contribution in [1.29, 1.82) is 0 Å². The number of morpholine rings is 1. The first-order valence-electron chi connectivity index (χ1n) is 8.76. The van der Waals surface area contributed by atoms with Crippen molar-refractivity contribution in [3.63, 3.8) is 0 Å². The van der Waals surface area contributed by atoms with Crippen LogP contribution in [0.25, 0.3) is 0 Å². The number of ether oxygens (including phenoxy) is 1. The summed E-state index contributed by atoms with van der Waals surface area (Å²) in [4.78, 5) is 4.80. The molecule has 0 aromatic heterocycles. The molecule has 0 saturated carbocycles. The van der Waals surface area contributed by atoms with E-state index >= 15 is 0 Å². The highest BCUT2D eigenvalue weighted by Crippen LogP contribution is 2.32. The lowest BCUT2D eigenvalue weighted by atomic mass is 10.0.